The summed E-state index contributed by atoms with van der Waals surface area (Å²) in [7, 11) is 0. The predicted octanol–water partition coefficient (Wildman–Crippen LogP) is 3.95. The van der Waals surface area contributed by atoms with E-state index in [1.54, 1.807) is 11.8 Å². The quantitative estimate of drug-likeness (QED) is 0.801. The molecular weight excluding hydrogens is 334 g/mol. The minimum absolute atomic E-state index is 0.101. The first-order valence-electron chi connectivity index (χ1n) is 6.44. The SMILES string of the molecule is CSc1ccccc1C(O)C(CN)c1ccc(Br)cc1. The van der Waals surface area contributed by atoms with Gasteiger partial charge in [-0.05, 0) is 35.6 Å². The third-order valence-electron chi connectivity index (χ3n) is 3.39. The molecule has 0 saturated heterocycles. The summed E-state index contributed by atoms with van der Waals surface area (Å²) < 4.78 is 1.02. The van der Waals surface area contributed by atoms with Crippen molar-refractivity contribution < 1.29 is 5.11 Å². The van der Waals surface area contributed by atoms with Crippen LogP contribution in [0.2, 0.25) is 0 Å². The molecule has 0 aliphatic rings. The van der Waals surface area contributed by atoms with Crippen molar-refractivity contribution in [3.63, 3.8) is 0 Å². The Labute approximate surface area is 132 Å². The first-order valence-corrected chi connectivity index (χ1v) is 8.45. The summed E-state index contributed by atoms with van der Waals surface area (Å²) in [5, 5.41) is 10.7. The van der Waals surface area contributed by atoms with E-state index in [1.165, 1.54) is 0 Å². The molecule has 2 unspecified atom stereocenters. The number of benzene rings is 2. The van der Waals surface area contributed by atoms with Gasteiger partial charge in [-0.1, -0.05) is 46.3 Å². The zero-order chi connectivity index (χ0) is 14.5. The van der Waals surface area contributed by atoms with Gasteiger partial charge in [0.05, 0.1) is 6.10 Å². The van der Waals surface area contributed by atoms with Gasteiger partial charge >= 0.3 is 0 Å². The molecule has 0 fully saturated rings. The van der Waals surface area contributed by atoms with E-state index in [0.29, 0.717) is 6.54 Å². The van der Waals surface area contributed by atoms with E-state index in [0.717, 1.165) is 20.5 Å². The molecule has 2 aromatic carbocycles. The van der Waals surface area contributed by atoms with Crippen LogP contribution in [0.25, 0.3) is 0 Å². The van der Waals surface area contributed by atoms with Crippen LogP contribution in [0.4, 0.5) is 0 Å². The molecule has 4 heteroatoms. The molecule has 20 heavy (non-hydrogen) atoms. The van der Waals surface area contributed by atoms with Crippen LogP contribution in [-0.2, 0) is 0 Å². The summed E-state index contributed by atoms with van der Waals surface area (Å²) in [6.07, 6.45) is 1.42. The Balaban J connectivity index is 2.33. The fourth-order valence-corrected chi connectivity index (χ4v) is 3.19. The second-order valence-corrected chi connectivity index (χ2v) is 6.34. The smallest absolute Gasteiger partial charge is 0.0881 e. The van der Waals surface area contributed by atoms with Crippen molar-refractivity contribution in [1.29, 1.82) is 0 Å². The van der Waals surface area contributed by atoms with Crippen LogP contribution in [-0.4, -0.2) is 17.9 Å². The van der Waals surface area contributed by atoms with E-state index in [9.17, 15) is 5.11 Å². The molecule has 2 rings (SSSR count). The lowest BCUT2D eigenvalue weighted by Crippen LogP contribution is -2.20. The molecule has 0 aliphatic heterocycles. The molecule has 2 atom stereocenters. The molecule has 2 aromatic rings. The molecule has 0 amide bonds. The van der Waals surface area contributed by atoms with Crippen molar-refractivity contribution in [2.45, 2.75) is 16.9 Å². The Morgan fingerprint density at radius 3 is 2.40 bits per heavy atom. The molecule has 0 bridgehead atoms. The maximum absolute atomic E-state index is 10.7. The van der Waals surface area contributed by atoms with Gasteiger partial charge in [0.25, 0.3) is 0 Å². The highest BCUT2D eigenvalue weighted by molar-refractivity contribution is 9.10. The predicted molar refractivity (Wildman–Crippen MR) is 89.1 cm³/mol. The zero-order valence-electron chi connectivity index (χ0n) is 11.3. The monoisotopic (exact) mass is 351 g/mol. The summed E-state index contributed by atoms with van der Waals surface area (Å²) >= 11 is 5.07. The van der Waals surface area contributed by atoms with Gasteiger partial charge in [0.15, 0.2) is 0 Å². The number of rotatable bonds is 5. The number of aliphatic hydroxyl groups is 1. The van der Waals surface area contributed by atoms with E-state index in [1.807, 2.05) is 54.8 Å². The maximum atomic E-state index is 10.7. The second kappa shape index (κ2) is 7.27. The average Bonchev–Trinajstić information content (AvgIpc) is 2.49. The van der Waals surface area contributed by atoms with E-state index in [-0.39, 0.29) is 5.92 Å². The summed E-state index contributed by atoms with van der Waals surface area (Å²) in [6, 6.07) is 15.9. The van der Waals surface area contributed by atoms with Crippen LogP contribution in [0.5, 0.6) is 0 Å². The third-order valence-corrected chi connectivity index (χ3v) is 4.73. The molecule has 0 heterocycles. The number of hydrogen-bond acceptors (Lipinski definition) is 3. The fourth-order valence-electron chi connectivity index (χ4n) is 2.28. The zero-order valence-corrected chi connectivity index (χ0v) is 13.7. The van der Waals surface area contributed by atoms with Gasteiger partial charge in [-0.3, -0.25) is 0 Å². The summed E-state index contributed by atoms with van der Waals surface area (Å²) in [5.41, 5.74) is 7.89. The number of aliphatic hydroxyl groups excluding tert-OH is 1. The number of halogens is 1. The van der Waals surface area contributed by atoms with Crippen LogP contribution in [0.1, 0.15) is 23.1 Å². The Morgan fingerprint density at radius 2 is 1.80 bits per heavy atom. The number of nitrogens with two attached hydrogens (primary N) is 1. The van der Waals surface area contributed by atoms with Crippen molar-refractivity contribution >= 4 is 27.7 Å². The van der Waals surface area contributed by atoms with Gasteiger partial charge in [-0.15, -0.1) is 11.8 Å². The number of thioether (sulfide) groups is 1. The van der Waals surface area contributed by atoms with E-state index < -0.39 is 6.10 Å². The van der Waals surface area contributed by atoms with Crippen LogP contribution in [0.15, 0.2) is 57.9 Å². The summed E-state index contributed by atoms with van der Waals surface area (Å²) in [6.45, 7) is 0.408. The molecule has 0 spiro atoms. The van der Waals surface area contributed by atoms with E-state index in [4.69, 9.17) is 5.73 Å². The van der Waals surface area contributed by atoms with Crippen molar-refractivity contribution in [2.75, 3.05) is 12.8 Å². The lowest BCUT2D eigenvalue weighted by atomic mass is 9.89. The third kappa shape index (κ3) is 3.44. The van der Waals surface area contributed by atoms with Gasteiger partial charge in [-0.25, -0.2) is 0 Å². The second-order valence-electron chi connectivity index (χ2n) is 4.58. The van der Waals surface area contributed by atoms with Gasteiger partial charge in [-0.2, -0.15) is 0 Å². The van der Waals surface area contributed by atoms with Gasteiger partial charge < -0.3 is 10.8 Å². The minimum atomic E-state index is -0.593. The van der Waals surface area contributed by atoms with Crippen molar-refractivity contribution in [1.82, 2.24) is 0 Å². The van der Waals surface area contributed by atoms with Crippen LogP contribution < -0.4 is 5.73 Å². The normalized spacial score (nSPS) is 14.0. The largest absolute Gasteiger partial charge is 0.388 e. The van der Waals surface area contributed by atoms with E-state index >= 15 is 0 Å². The summed E-state index contributed by atoms with van der Waals surface area (Å²) in [4.78, 5) is 1.09. The molecule has 0 radical (unpaired) electrons. The molecule has 3 N–H and O–H groups in total. The summed E-state index contributed by atoms with van der Waals surface area (Å²) in [5.74, 6) is -0.101. The highest BCUT2D eigenvalue weighted by atomic mass is 79.9. The Kier molecular flexibility index (Phi) is 5.66. The highest BCUT2D eigenvalue weighted by Gasteiger charge is 2.23. The van der Waals surface area contributed by atoms with Gasteiger partial charge in [0.2, 0.25) is 0 Å². The Morgan fingerprint density at radius 1 is 1.15 bits per heavy atom. The first-order chi connectivity index (χ1) is 9.67. The Hall–Kier alpha value is -0.810. The molecule has 2 nitrogen and oxygen atoms in total. The van der Waals surface area contributed by atoms with Crippen molar-refractivity contribution in [3.05, 3.63) is 64.1 Å². The lowest BCUT2D eigenvalue weighted by Gasteiger charge is -2.24. The topological polar surface area (TPSA) is 46.2 Å². The fraction of sp³-hybridized carbons (Fsp3) is 0.250. The Bertz CT molecular complexity index is 559. The molecule has 106 valence electrons. The van der Waals surface area contributed by atoms with E-state index in [2.05, 4.69) is 15.9 Å². The van der Waals surface area contributed by atoms with Crippen molar-refractivity contribution in [3.8, 4) is 0 Å². The lowest BCUT2D eigenvalue weighted by molar-refractivity contribution is 0.145. The highest BCUT2D eigenvalue weighted by Crippen LogP contribution is 2.35. The van der Waals surface area contributed by atoms with Gasteiger partial charge in [0, 0.05) is 21.8 Å². The van der Waals surface area contributed by atoms with Crippen molar-refractivity contribution in [2.24, 2.45) is 5.73 Å². The van der Waals surface area contributed by atoms with Crippen LogP contribution in [0, 0.1) is 0 Å². The molecular formula is C16H18BrNOS. The first kappa shape index (κ1) is 15.6. The van der Waals surface area contributed by atoms with Crippen LogP contribution >= 0.6 is 27.7 Å². The average molecular weight is 352 g/mol. The standard InChI is InChI=1S/C16H18BrNOS/c1-20-15-5-3-2-4-13(15)16(19)14(10-18)11-6-8-12(17)9-7-11/h2-9,14,16,19H,10,18H2,1H3. The maximum Gasteiger partial charge on any atom is 0.0881 e. The molecule has 0 aliphatic carbocycles. The number of hydrogen-bond donors (Lipinski definition) is 2. The molecule has 0 saturated carbocycles. The van der Waals surface area contributed by atoms with Gasteiger partial charge in [0.1, 0.15) is 0 Å². The van der Waals surface area contributed by atoms with Crippen LogP contribution in [0.3, 0.4) is 0 Å². The molecule has 0 aromatic heterocycles. The minimum Gasteiger partial charge on any atom is -0.388 e.